The third kappa shape index (κ3) is 2.50. The second-order valence-electron chi connectivity index (χ2n) is 2.63. The summed E-state index contributed by atoms with van der Waals surface area (Å²) in [6.07, 6.45) is 2.31. The summed E-state index contributed by atoms with van der Waals surface area (Å²) >= 11 is 0. The Kier molecular flexibility index (Phi) is 4.93. The molecule has 4 heteroatoms. The maximum Gasteiger partial charge on any atom is 0.0913 e. The molecule has 0 aliphatic carbocycles. The minimum Gasteiger partial charge on any atom is -0.353 e. The summed E-state index contributed by atoms with van der Waals surface area (Å²) < 4.78 is 13.8. The van der Waals surface area contributed by atoms with E-state index in [0.29, 0.717) is 6.42 Å². The highest BCUT2D eigenvalue weighted by atomic mass is 35.5. The van der Waals surface area contributed by atoms with Crippen LogP contribution in [0.2, 0.25) is 0 Å². The van der Waals surface area contributed by atoms with Crippen LogP contribution >= 0.6 is 12.4 Å². The molecule has 1 heterocycles. The highest BCUT2D eigenvalue weighted by molar-refractivity contribution is 5.85. The SMILES string of the molecule is Cl.Cn1cccc1[C@@H](N)CCF. The quantitative estimate of drug-likeness (QED) is 0.778. The van der Waals surface area contributed by atoms with Gasteiger partial charge in [-0.3, -0.25) is 4.39 Å². The highest BCUT2D eigenvalue weighted by Crippen LogP contribution is 2.13. The fourth-order valence-electron chi connectivity index (χ4n) is 1.12. The van der Waals surface area contributed by atoms with Crippen molar-refractivity contribution in [1.29, 1.82) is 0 Å². The summed E-state index contributed by atoms with van der Waals surface area (Å²) in [6.45, 7) is -0.355. The topological polar surface area (TPSA) is 30.9 Å². The lowest BCUT2D eigenvalue weighted by Crippen LogP contribution is -2.14. The largest absolute Gasteiger partial charge is 0.353 e. The van der Waals surface area contributed by atoms with Crippen LogP contribution < -0.4 is 5.73 Å². The fraction of sp³-hybridized carbons (Fsp3) is 0.500. The van der Waals surface area contributed by atoms with Crippen molar-refractivity contribution in [3.8, 4) is 0 Å². The molecule has 70 valence electrons. The number of rotatable bonds is 3. The van der Waals surface area contributed by atoms with Gasteiger partial charge in [0, 0.05) is 25.0 Å². The highest BCUT2D eigenvalue weighted by Gasteiger charge is 2.07. The molecule has 1 aromatic rings. The Bertz CT molecular complexity index is 225. The van der Waals surface area contributed by atoms with Crippen LogP contribution in [-0.2, 0) is 7.05 Å². The van der Waals surface area contributed by atoms with Crippen LogP contribution in [0, 0.1) is 0 Å². The van der Waals surface area contributed by atoms with Crippen LogP contribution in [0.15, 0.2) is 18.3 Å². The molecule has 0 bridgehead atoms. The maximum absolute atomic E-state index is 11.9. The summed E-state index contributed by atoms with van der Waals surface area (Å²) in [5, 5.41) is 0. The van der Waals surface area contributed by atoms with E-state index in [-0.39, 0.29) is 25.1 Å². The summed E-state index contributed by atoms with van der Waals surface area (Å²) in [7, 11) is 1.91. The molecule has 0 aliphatic rings. The fourth-order valence-corrected chi connectivity index (χ4v) is 1.12. The second kappa shape index (κ2) is 5.17. The molecule has 0 fully saturated rings. The lowest BCUT2D eigenvalue weighted by molar-refractivity contribution is 0.435. The summed E-state index contributed by atoms with van der Waals surface area (Å²) in [4.78, 5) is 0. The van der Waals surface area contributed by atoms with Crippen LogP contribution in [0.4, 0.5) is 4.39 Å². The number of aryl methyl sites for hydroxylation is 1. The van der Waals surface area contributed by atoms with Crippen molar-refractivity contribution in [2.24, 2.45) is 12.8 Å². The van der Waals surface area contributed by atoms with E-state index in [1.54, 1.807) is 0 Å². The van der Waals surface area contributed by atoms with E-state index in [1.807, 2.05) is 29.9 Å². The molecule has 0 radical (unpaired) electrons. The number of hydrogen-bond donors (Lipinski definition) is 1. The zero-order chi connectivity index (χ0) is 8.27. The van der Waals surface area contributed by atoms with Crippen LogP contribution in [0.1, 0.15) is 18.2 Å². The monoisotopic (exact) mass is 192 g/mol. The van der Waals surface area contributed by atoms with Crippen LogP contribution in [0.25, 0.3) is 0 Å². The van der Waals surface area contributed by atoms with Gasteiger partial charge >= 0.3 is 0 Å². The summed E-state index contributed by atoms with van der Waals surface area (Å²) in [5.41, 5.74) is 6.68. The van der Waals surface area contributed by atoms with Gasteiger partial charge in [0.1, 0.15) is 0 Å². The molecule has 0 amide bonds. The zero-order valence-corrected chi connectivity index (χ0v) is 7.85. The van der Waals surface area contributed by atoms with Gasteiger partial charge < -0.3 is 10.3 Å². The van der Waals surface area contributed by atoms with Crippen LogP contribution in [-0.4, -0.2) is 11.2 Å². The molecule has 12 heavy (non-hydrogen) atoms. The third-order valence-electron chi connectivity index (χ3n) is 1.78. The third-order valence-corrected chi connectivity index (χ3v) is 1.78. The van der Waals surface area contributed by atoms with E-state index in [9.17, 15) is 4.39 Å². The average molecular weight is 193 g/mol. The van der Waals surface area contributed by atoms with Crippen molar-refractivity contribution in [1.82, 2.24) is 4.57 Å². The first-order chi connectivity index (χ1) is 5.25. The molecule has 0 unspecified atom stereocenters. The number of alkyl halides is 1. The van der Waals surface area contributed by atoms with Crippen molar-refractivity contribution < 1.29 is 4.39 Å². The molecule has 2 nitrogen and oxygen atoms in total. The second-order valence-corrected chi connectivity index (χ2v) is 2.63. The molecular weight excluding hydrogens is 179 g/mol. The molecular formula is C8H14ClFN2. The molecule has 0 aliphatic heterocycles. The van der Waals surface area contributed by atoms with Gasteiger partial charge in [0.05, 0.1) is 6.67 Å². The van der Waals surface area contributed by atoms with Crippen molar-refractivity contribution in [2.75, 3.05) is 6.67 Å². The van der Waals surface area contributed by atoms with E-state index >= 15 is 0 Å². The van der Waals surface area contributed by atoms with E-state index in [2.05, 4.69) is 0 Å². The molecule has 1 aromatic heterocycles. The van der Waals surface area contributed by atoms with Crippen molar-refractivity contribution in [3.05, 3.63) is 24.0 Å². The lowest BCUT2D eigenvalue weighted by Gasteiger charge is -2.10. The summed E-state index contributed by atoms with van der Waals surface area (Å²) in [5.74, 6) is 0. The average Bonchev–Trinajstić information content (AvgIpc) is 2.36. The smallest absolute Gasteiger partial charge is 0.0913 e. The maximum atomic E-state index is 11.9. The Labute approximate surface area is 78.0 Å². The van der Waals surface area contributed by atoms with Crippen molar-refractivity contribution in [3.63, 3.8) is 0 Å². The number of aromatic nitrogens is 1. The number of nitrogens with two attached hydrogens (primary N) is 1. The molecule has 0 spiro atoms. The molecule has 1 atom stereocenters. The van der Waals surface area contributed by atoms with Gasteiger partial charge in [0.25, 0.3) is 0 Å². The van der Waals surface area contributed by atoms with Crippen LogP contribution in [0.3, 0.4) is 0 Å². The predicted molar refractivity (Wildman–Crippen MR) is 50.2 cm³/mol. The molecule has 0 saturated heterocycles. The van der Waals surface area contributed by atoms with Crippen molar-refractivity contribution >= 4 is 12.4 Å². The molecule has 1 rings (SSSR count). The first-order valence-corrected chi connectivity index (χ1v) is 3.68. The summed E-state index contributed by atoms with van der Waals surface area (Å²) in [6, 6.07) is 3.66. The van der Waals surface area contributed by atoms with E-state index in [4.69, 9.17) is 5.73 Å². The first kappa shape index (κ1) is 11.5. The minimum absolute atomic E-state index is 0. The van der Waals surface area contributed by atoms with Gasteiger partial charge in [-0.25, -0.2) is 0 Å². The molecule has 2 N–H and O–H groups in total. The van der Waals surface area contributed by atoms with Crippen LogP contribution in [0.5, 0.6) is 0 Å². The van der Waals surface area contributed by atoms with Gasteiger partial charge in [0.2, 0.25) is 0 Å². The molecule has 0 saturated carbocycles. The Morgan fingerprint density at radius 2 is 2.33 bits per heavy atom. The Morgan fingerprint density at radius 1 is 1.67 bits per heavy atom. The van der Waals surface area contributed by atoms with E-state index in [0.717, 1.165) is 5.69 Å². The molecule has 0 aromatic carbocycles. The van der Waals surface area contributed by atoms with E-state index < -0.39 is 0 Å². The lowest BCUT2D eigenvalue weighted by atomic mass is 10.2. The van der Waals surface area contributed by atoms with Gasteiger partial charge in [-0.2, -0.15) is 0 Å². The van der Waals surface area contributed by atoms with E-state index in [1.165, 1.54) is 0 Å². The predicted octanol–water partition coefficient (Wildman–Crippen LogP) is 1.81. The Balaban J connectivity index is 0.00000121. The Morgan fingerprint density at radius 3 is 2.75 bits per heavy atom. The number of nitrogens with zero attached hydrogens (tertiary/aromatic N) is 1. The first-order valence-electron chi connectivity index (χ1n) is 3.68. The Hall–Kier alpha value is -0.540. The van der Waals surface area contributed by atoms with Gasteiger partial charge in [-0.1, -0.05) is 0 Å². The van der Waals surface area contributed by atoms with Crippen molar-refractivity contribution in [2.45, 2.75) is 12.5 Å². The van der Waals surface area contributed by atoms with Gasteiger partial charge in [0.15, 0.2) is 0 Å². The number of halogens is 2. The normalized spacial score (nSPS) is 12.2. The van der Waals surface area contributed by atoms with Gasteiger partial charge in [-0.05, 0) is 18.6 Å². The zero-order valence-electron chi connectivity index (χ0n) is 7.03. The van der Waals surface area contributed by atoms with Gasteiger partial charge in [-0.15, -0.1) is 12.4 Å². The minimum atomic E-state index is -0.355. The standard InChI is InChI=1S/C8H13FN2.ClH/c1-11-6-2-3-8(11)7(10)4-5-9;/h2-3,6-7H,4-5,10H2,1H3;1H/t7-;/m0./s1. The number of hydrogen-bond acceptors (Lipinski definition) is 1.